The summed E-state index contributed by atoms with van der Waals surface area (Å²) in [5.41, 5.74) is 0. The molecule has 0 aromatic heterocycles. The number of rotatable bonds is 4. The Hall–Kier alpha value is -0.120. The number of aliphatic hydroxyl groups is 2. The van der Waals surface area contributed by atoms with Crippen LogP contribution in [0.2, 0.25) is 0 Å². The van der Waals surface area contributed by atoms with Crippen LogP contribution in [0.25, 0.3) is 0 Å². The molecule has 0 heterocycles. The summed E-state index contributed by atoms with van der Waals surface area (Å²) in [6, 6.07) is 0. The van der Waals surface area contributed by atoms with Crippen molar-refractivity contribution in [2.45, 2.75) is 20.3 Å². The predicted molar refractivity (Wildman–Crippen MR) is 43.0 cm³/mol. The van der Waals surface area contributed by atoms with Gasteiger partial charge in [-0.1, -0.05) is 13.8 Å². The number of hydrogen-bond acceptors (Lipinski definition) is 3. The highest BCUT2D eigenvalue weighted by Gasteiger charge is 1.70. The molecule has 0 aromatic rings. The summed E-state index contributed by atoms with van der Waals surface area (Å²) in [7, 11) is 0. The lowest BCUT2D eigenvalue weighted by Gasteiger charge is -1.86. The Morgan fingerprint density at radius 2 is 1.40 bits per heavy atom. The molecule has 0 aliphatic rings. The van der Waals surface area contributed by atoms with Crippen LogP contribution in [0.4, 0.5) is 0 Å². The predicted octanol–water partition coefficient (Wildman–Crippen LogP) is -0.0231. The first-order valence-electron chi connectivity index (χ1n) is 3.75. The number of aliphatic hydroxyl groups excluding tert-OH is 2. The molecule has 0 amide bonds. The maximum atomic E-state index is 7.91. The molecule has 10 heavy (non-hydrogen) atoms. The smallest absolute Gasteiger partial charge is 0.0452 e. The Balaban J connectivity index is 0. The van der Waals surface area contributed by atoms with Crippen molar-refractivity contribution in [1.82, 2.24) is 5.32 Å². The van der Waals surface area contributed by atoms with Crippen LogP contribution in [-0.4, -0.2) is 36.5 Å². The van der Waals surface area contributed by atoms with Crippen molar-refractivity contribution in [1.29, 1.82) is 0 Å². The van der Waals surface area contributed by atoms with Gasteiger partial charge in [0.25, 0.3) is 0 Å². The van der Waals surface area contributed by atoms with Crippen molar-refractivity contribution >= 4 is 0 Å². The average Bonchev–Trinajstić information content (AvgIpc) is 1.93. The molecule has 0 bridgehead atoms. The maximum absolute atomic E-state index is 7.91. The van der Waals surface area contributed by atoms with Gasteiger partial charge in [-0.25, -0.2) is 0 Å². The van der Waals surface area contributed by atoms with Crippen molar-refractivity contribution in [2.24, 2.45) is 0 Å². The third kappa shape index (κ3) is 24.8. The average molecular weight is 149 g/mol. The van der Waals surface area contributed by atoms with Gasteiger partial charge in [-0.3, -0.25) is 0 Å². The van der Waals surface area contributed by atoms with Crippen molar-refractivity contribution in [3.8, 4) is 0 Å². The van der Waals surface area contributed by atoms with Gasteiger partial charge in [0.1, 0.15) is 0 Å². The van der Waals surface area contributed by atoms with Gasteiger partial charge in [0, 0.05) is 13.2 Å². The molecule has 0 unspecified atom stereocenters. The van der Waals surface area contributed by atoms with Gasteiger partial charge in [0.15, 0.2) is 0 Å². The summed E-state index contributed by atoms with van der Waals surface area (Å²) in [5, 5.41) is 18.9. The molecule has 0 aliphatic heterocycles. The molecule has 64 valence electrons. The highest BCUT2D eigenvalue weighted by Crippen LogP contribution is 1.65. The molecule has 0 saturated carbocycles. The van der Waals surface area contributed by atoms with E-state index in [2.05, 4.69) is 19.2 Å². The van der Waals surface area contributed by atoms with E-state index in [1.165, 1.54) is 0 Å². The standard InChI is InChI=1S/C4H11N.C3H8O2/c1-3-5-4-2;4-2-1-3-5/h5H,3-4H2,1-2H3;4-5H,1-3H2. The fourth-order valence-electron chi connectivity index (χ4n) is 0.321. The molecular formula is C7H19NO2. The first kappa shape index (κ1) is 12.5. The zero-order chi connectivity index (χ0) is 8.24. The molecule has 0 atom stereocenters. The zero-order valence-corrected chi connectivity index (χ0v) is 6.93. The van der Waals surface area contributed by atoms with E-state index < -0.39 is 0 Å². The summed E-state index contributed by atoms with van der Waals surface area (Å²) >= 11 is 0. The molecule has 0 aromatic carbocycles. The molecule has 3 nitrogen and oxygen atoms in total. The van der Waals surface area contributed by atoms with Crippen molar-refractivity contribution in [2.75, 3.05) is 26.3 Å². The second-order valence-electron chi connectivity index (χ2n) is 1.76. The molecular weight excluding hydrogens is 130 g/mol. The Kier molecular flexibility index (Phi) is 20.0. The monoisotopic (exact) mass is 149 g/mol. The summed E-state index contributed by atoms with van der Waals surface area (Å²) < 4.78 is 0. The zero-order valence-electron chi connectivity index (χ0n) is 6.93. The van der Waals surface area contributed by atoms with E-state index in [0.29, 0.717) is 6.42 Å². The quantitative estimate of drug-likeness (QED) is 0.526. The van der Waals surface area contributed by atoms with E-state index in [1.54, 1.807) is 0 Å². The Bertz CT molecular complexity index is 32.6. The van der Waals surface area contributed by atoms with E-state index >= 15 is 0 Å². The third-order valence-corrected chi connectivity index (χ3v) is 0.816. The molecule has 3 heteroatoms. The summed E-state index contributed by atoms with van der Waals surface area (Å²) in [6.45, 7) is 6.58. The van der Waals surface area contributed by atoms with E-state index in [4.69, 9.17) is 10.2 Å². The highest BCUT2D eigenvalue weighted by atomic mass is 16.3. The molecule has 3 N–H and O–H groups in total. The van der Waals surface area contributed by atoms with Gasteiger partial charge in [0.05, 0.1) is 0 Å². The summed E-state index contributed by atoms with van der Waals surface area (Å²) in [6.07, 6.45) is 0.500. The Morgan fingerprint density at radius 3 is 1.40 bits per heavy atom. The lowest BCUT2D eigenvalue weighted by atomic mass is 10.5. The second kappa shape index (κ2) is 15.9. The van der Waals surface area contributed by atoms with E-state index in [-0.39, 0.29) is 13.2 Å². The van der Waals surface area contributed by atoms with Crippen LogP contribution < -0.4 is 5.32 Å². The van der Waals surface area contributed by atoms with Gasteiger partial charge >= 0.3 is 0 Å². The molecule has 0 rings (SSSR count). The van der Waals surface area contributed by atoms with Crippen LogP contribution >= 0.6 is 0 Å². The van der Waals surface area contributed by atoms with Crippen molar-refractivity contribution in [3.05, 3.63) is 0 Å². The molecule has 0 fully saturated rings. The van der Waals surface area contributed by atoms with Gasteiger partial charge < -0.3 is 15.5 Å². The van der Waals surface area contributed by atoms with Crippen LogP contribution in [0.3, 0.4) is 0 Å². The summed E-state index contributed by atoms with van der Waals surface area (Å²) in [5.74, 6) is 0. The third-order valence-electron chi connectivity index (χ3n) is 0.816. The lowest BCUT2D eigenvalue weighted by Crippen LogP contribution is -2.09. The fraction of sp³-hybridized carbons (Fsp3) is 1.00. The fourth-order valence-corrected chi connectivity index (χ4v) is 0.321. The topological polar surface area (TPSA) is 52.5 Å². The van der Waals surface area contributed by atoms with Crippen LogP contribution in [-0.2, 0) is 0 Å². The molecule has 0 saturated heterocycles. The van der Waals surface area contributed by atoms with Crippen molar-refractivity contribution in [3.63, 3.8) is 0 Å². The first-order chi connectivity index (χ1) is 4.83. The molecule has 0 radical (unpaired) electrons. The second-order valence-corrected chi connectivity index (χ2v) is 1.76. The van der Waals surface area contributed by atoms with Crippen LogP contribution in [0.5, 0.6) is 0 Å². The highest BCUT2D eigenvalue weighted by molar-refractivity contribution is 4.27. The largest absolute Gasteiger partial charge is 0.396 e. The lowest BCUT2D eigenvalue weighted by molar-refractivity contribution is 0.221. The molecule has 0 aliphatic carbocycles. The van der Waals surface area contributed by atoms with Gasteiger partial charge in [-0.2, -0.15) is 0 Å². The van der Waals surface area contributed by atoms with Gasteiger partial charge in [-0.05, 0) is 19.5 Å². The van der Waals surface area contributed by atoms with E-state index in [9.17, 15) is 0 Å². The van der Waals surface area contributed by atoms with Crippen LogP contribution in [0.1, 0.15) is 20.3 Å². The summed E-state index contributed by atoms with van der Waals surface area (Å²) in [4.78, 5) is 0. The number of nitrogens with one attached hydrogen (secondary N) is 1. The van der Waals surface area contributed by atoms with Crippen molar-refractivity contribution < 1.29 is 10.2 Å². The minimum Gasteiger partial charge on any atom is -0.396 e. The maximum Gasteiger partial charge on any atom is 0.0452 e. The van der Waals surface area contributed by atoms with Crippen LogP contribution in [0.15, 0.2) is 0 Å². The van der Waals surface area contributed by atoms with E-state index in [1.807, 2.05) is 0 Å². The number of hydrogen-bond donors (Lipinski definition) is 3. The SMILES string of the molecule is CCNCC.OCCCO. The Morgan fingerprint density at radius 1 is 1.00 bits per heavy atom. The molecule has 0 spiro atoms. The first-order valence-corrected chi connectivity index (χ1v) is 3.75. The van der Waals surface area contributed by atoms with Gasteiger partial charge in [-0.15, -0.1) is 0 Å². The Labute approximate surface area is 63.1 Å². The van der Waals surface area contributed by atoms with Gasteiger partial charge in [0.2, 0.25) is 0 Å². The minimum atomic E-state index is 0.0938. The van der Waals surface area contributed by atoms with E-state index in [0.717, 1.165) is 13.1 Å². The van der Waals surface area contributed by atoms with Crippen LogP contribution in [0, 0.1) is 0 Å². The normalized spacial score (nSPS) is 8.40. The minimum absolute atomic E-state index is 0.0938.